The molecule has 0 spiro atoms. The van der Waals surface area contributed by atoms with E-state index in [0.29, 0.717) is 92.5 Å². The molecule has 0 fully saturated rings. The topological polar surface area (TPSA) is 90.9 Å². The van der Waals surface area contributed by atoms with Gasteiger partial charge < -0.3 is 37.9 Å². The molecule has 0 aromatic carbocycles. The van der Waals surface area contributed by atoms with Crippen LogP contribution >= 0.6 is 0 Å². The lowest BCUT2D eigenvalue weighted by Gasteiger charge is -2.19. The summed E-state index contributed by atoms with van der Waals surface area (Å²) >= 11 is 0. The SMILES string of the molecule is C#CCOCCOCCOCCOCCOCCOCCOCCC(=O)OC(C)(C)C. The Kier molecular flexibility index (Phi) is 21.1. The predicted octanol–water partition coefficient (Wildman–Crippen LogP) is 1.47. The predicted molar refractivity (Wildman–Crippen MR) is 115 cm³/mol. The second-order valence-corrected chi connectivity index (χ2v) is 7.27. The highest BCUT2D eigenvalue weighted by atomic mass is 16.6. The zero-order chi connectivity index (χ0) is 23.0. The van der Waals surface area contributed by atoms with Gasteiger partial charge in [-0.3, -0.25) is 4.79 Å². The zero-order valence-electron chi connectivity index (χ0n) is 19.4. The smallest absolute Gasteiger partial charge is 0.308 e. The van der Waals surface area contributed by atoms with Crippen molar-refractivity contribution in [3.8, 4) is 12.3 Å². The average Bonchev–Trinajstić information content (AvgIpc) is 2.70. The Morgan fingerprint density at radius 3 is 1.26 bits per heavy atom. The van der Waals surface area contributed by atoms with Crippen LogP contribution in [0.5, 0.6) is 0 Å². The van der Waals surface area contributed by atoms with Gasteiger partial charge in [0.05, 0.1) is 92.3 Å². The molecule has 0 aromatic heterocycles. The maximum absolute atomic E-state index is 11.5. The van der Waals surface area contributed by atoms with E-state index in [-0.39, 0.29) is 12.4 Å². The van der Waals surface area contributed by atoms with Crippen LogP contribution in [0.25, 0.3) is 0 Å². The maximum Gasteiger partial charge on any atom is 0.308 e. The summed E-state index contributed by atoms with van der Waals surface area (Å²) in [5.74, 6) is 2.13. The van der Waals surface area contributed by atoms with Gasteiger partial charge in [-0.05, 0) is 20.8 Å². The molecule has 182 valence electrons. The molecule has 0 saturated heterocycles. The van der Waals surface area contributed by atoms with Crippen LogP contribution in [0.1, 0.15) is 27.2 Å². The van der Waals surface area contributed by atoms with Gasteiger partial charge in [0.25, 0.3) is 0 Å². The van der Waals surface area contributed by atoms with Crippen LogP contribution in [-0.2, 0) is 42.7 Å². The Morgan fingerprint density at radius 2 is 0.935 bits per heavy atom. The van der Waals surface area contributed by atoms with E-state index in [1.54, 1.807) is 0 Å². The second kappa shape index (κ2) is 22.0. The summed E-state index contributed by atoms with van der Waals surface area (Å²) in [4.78, 5) is 11.5. The summed E-state index contributed by atoms with van der Waals surface area (Å²) in [5.41, 5.74) is -0.465. The summed E-state index contributed by atoms with van der Waals surface area (Å²) in [7, 11) is 0. The van der Waals surface area contributed by atoms with E-state index in [1.807, 2.05) is 20.8 Å². The Labute approximate surface area is 186 Å². The molecule has 9 nitrogen and oxygen atoms in total. The van der Waals surface area contributed by atoms with Crippen molar-refractivity contribution in [2.75, 3.05) is 92.5 Å². The summed E-state index contributed by atoms with van der Waals surface area (Å²) in [5, 5.41) is 0. The minimum Gasteiger partial charge on any atom is -0.460 e. The second-order valence-electron chi connectivity index (χ2n) is 7.27. The number of rotatable bonds is 22. The fourth-order valence-corrected chi connectivity index (χ4v) is 2.00. The first-order valence-electron chi connectivity index (χ1n) is 10.6. The molecule has 0 aliphatic heterocycles. The van der Waals surface area contributed by atoms with Gasteiger partial charge >= 0.3 is 5.97 Å². The number of carbonyl (C=O) groups is 1. The molecular weight excluding hydrogens is 408 g/mol. The first-order valence-corrected chi connectivity index (χ1v) is 10.6. The van der Waals surface area contributed by atoms with Gasteiger partial charge in [0, 0.05) is 0 Å². The number of terminal acetylenes is 1. The van der Waals surface area contributed by atoms with Crippen molar-refractivity contribution in [1.82, 2.24) is 0 Å². The van der Waals surface area contributed by atoms with Gasteiger partial charge in [-0.1, -0.05) is 5.92 Å². The Morgan fingerprint density at radius 1 is 0.613 bits per heavy atom. The van der Waals surface area contributed by atoms with Crippen LogP contribution < -0.4 is 0 Å². The van der Waals surface area contributed by atoms with Gasteiger partial charge in [-0.15, -0.1) is 6.42 Å². The number of esters is 1. The monoisotopic (exact) mass is 448 g/mol. The zero-order valence-corrected chi connectivity index (χ0v) is 19.4. The molecule has 0 saturated carbocycles. The fourth-order valence-electron chi connectivity index (χ4n) is 2.00. The first kappa shape index (κ1) is 29.8. The minimum atomic E-state index is -0.465. The third-order valence-electron chi connectivity index (χ3n) is 3.29. The van der Waals surface area contributed by atoms with Crippen molar-refractivity contribution >= 4 is 5.97 Å². The number of ether oxygens (including phenoxy) is 8. The van der Waals surface area contributed by atoms with Crippen molar-refractivity contribution in [3.63, 3.8) is 0 Å². The Balaban J connectivity index is 3.11. The molecule has 0 heterocycles. The molecule has 0 atom stereocenters. The third-order valence-corrected chi connectivity index (χ3v) is 3.29. The third kappa shape index (κ3) is 26.7. The number of hydrogen-bond acceptors (Lipinski definition) is 9. The van der Waals surface area contributed by atoms with Crippen LogP contribution in [-0.4, -0.2) is 104 Å². The lowest BCUT2D eigenvalue weighted by atomic mass is 10.2. The molecule has 0 aromatic rings. The minimum absolute atomic E-state index is 0.238. The summed E-state index contributed by atoms with van der Waals surface area (Å²) in [6.07, 6.45) is 5.30. The number of carbonyl (C=O) groups excluding carboxylic acids is 1. The van der Waals surface area contributed by atoms with Crippen molar-refractivity contribution in [3.05, 3.63) is 0 Å². The molecule has 9 heteroatoms. The fraction of sp³-hybridized carbons (Fsp3) is 0.864. The molecule has 0 amide bonds. The molecule has 0 aliphatic rings. The van der Waals surface area contributed by atoms with E-state index in [2.05, 4.69) is 5.92 Å². The van der Waals surface area contributed by atoms with E-state index in [0.717, 1.165) is 0 Å². The molecule has 0 rings (SSSR count). The van der Waals surface area contributed by atoms with E-state index in [9.17, 15) is 4.79 Å². The van der Waals surface area contributed by atoms with Gasteiger partial charge in [0.1, 0.15) is 12.2 Å². The van der Waals surface area contributed by atoms with Crippen molar-refractivity contribution in [1.29, 1.82) is 0 Å². The van der Waals surface area contributed by atoms with Crippen LogP contribution in [0.15, 0.2) is 0 Å². The van der Waals surface area contributed by atoms with E-state index < -0.39 is 5.60 Å². The van der Waals surface area contributed by atoms with Crippen molar-refractivity contribution in [2.45, 2.75) is 32.8 Å². The molecule has 0 radical (unpaired) electrons. The van der Waals surface area contributed by atoms with Crippen LogP contribution in [0.3, 0.4) is 0 Å². The largest absolute Gasteiger partial charge is 0.460 e. The van der Waals surface area contributed by atoms with Gasteiger partial charge in [0.15, 0.2) is 0 Å². The van der Waals surface area contributed by atoms with Gasteiger partial charge in [-0.25, -0.2) is 0 Å². The standard InChI is InChI=1S/C22H40O9/c1-5-7-24-9-11-26-13-15-28-17-19-30-20-18-29-16-14-27-12-10-25-8-6-21(23)31-22(2,3)4/h1H,6-20H2,2-4H3. The van der Waals surface area contributed by atoms with Crippen LogP contribution in [0.2, 0.25) is 0 Å². The lowest BCUT2D eigenvalue weighted by molar-refractivity contribution is -0.156. The molecule has 0 unspecified atom stereocenters. The van der Waals surface area contributed by atoms with E-state index in [1.165, 1.54) is 0 Å². The highest BCUT2D eigenvalue weighted by Gasteiger charge is 2.15. The molecule has 0 bridgehead atoms. The maximum atomic E-state index is 11.5. The lowest BCUT2D eigenvalue weighted by Crippen LogP contribution is -2.24. The van der Waals surface area contributed by atoms with E-state index in [4.69, 9.17) is 44.3 Å². The van der Waals surface area contributed by atoms with Crippen LogP contribution in [0, 0.1) is 12.3 Å². The quantitative estimate of drug-likeness (QED) is 0.139. The summed E-state index contributed by atoms with van der Waals surface area (Å²) < 4.78 is 42.5. The molecular formula is C22H40O9. The first-order chi connectivity index (χ1) is 15.0. The summed E-state index contributed by atoms with van der Waals surface area (Å²) in [6.45, 7) is 12.0. The summed E-state index contributed by atoms with van der Waals surface area (Å²) in [6, 6.07) is 0. The highest BCUT2D eigenvalue weighted by Crippen LogP contribution is 2.07. The van der Waals surface area contributed by atoms with Crippen molar-refractivity contribution < 1.29 is 42.7 Å². The Hall–Kier alpha value is -1.25. The molecule has 0 aliphatic carbocycles. The molecule has 31 heavy (non-hydrogen) atoms. The van der Waals surface area contributed by atoms with E-state index >= 15 is 0 Å². The van der Waals surface area contributed by atoms with Crippen molar-refractivity contribution in [2.24, 2.45) is 0 Å². The Bertz CT molecular complexity index is 443. The van der Waals surface area contributed by atoms with Gasteiger partial charge in [0.2, 0.25) is 0 Å². The molecule has 0 N–H and O–H groups in total. The number of hydrogen-bond donors (Lipinski definition) is 0. The van der Waals surface area contributed by atoms with Crippen LogP contribution in [0.4, 0.5) is 0 Å². The normalized spacial score (nSPS) is 11.4. The highest BCUT2D eigenvalue weighted by molar-refractivity contribution is 5.69. The average molecular weight is 449 g/mol. The van der Waals surface area contributed by atoms with Gasteiger partial charge in [-0.2, -0.15) is 0 Å².